The third-order valence-corrected chi connectivity index (χ3v) is 4.64. The highest BCUT2D eigenvalue weighted by molar-refractivity contribution is 5.79. The van der Waals surface area contributed by atoms with Gasteiger partial charge in [0.25, 0.3) is 11.5 Å². The number of carbonyl (C=O) groups is 1. The molecule has 4 rings (SSSR count). The molecule has 1 aliphatic heterocycles. The van der Waals surface area contributed by atoms with Gasteiger partial charge in [-0.1, -0.05) is 12.1 Å². The van der Waals surface area contributed by atoms with E-state index in [2.05, 4.69) is 4.98 Å². The number of hydrogen-bond acceptors (Lipinski definition) is 6. The summed E-state index contributed by atoms with van der Waals surface area (Å²) in [5.74, 6) is 0.453. The van der Waals surface area contributed by atoms with Gasteiger partial charge in [0, 0.05) is 27.2 Å². The molecular weight excluding hydrogens is 352 g/mol. The van der Waals surface area contributed by atoms with Crippen LogP contribution in [0.4, 0.5) is 11.6 Å². The molecule has 0 saturated heterocycles. The van der Waals surface area contributed by atoms with E-state index in [4.69, 9.17) is 10.5 Å². The zero-order valence-corrected chi connectivity index (χ0v) is 14.9. The van der Waals surface area contributed by atoms with Crippen LogP contribution in [0.25, 0.3) is 11.2 Å². The summed E-state index contributed by atoms with van der Waals surface area (Å²) in [4.78, 5) is 42.3. The number of aryl methyl sites for hydroxylation is 1. The van der Waals surface area contributed by atoms with Gasteiger partial charge in [-0.2, -0.15) is 4.98 Å². The molecule has 3 aromatic rings. The Morgan fingerprint density at radius 1 is 1.19 bits per heavy atom. The summed E-state index contributed by atoms with van der Waals surface area (Å²) in [6.45, 7) is 0.862. The quantitative estimate of drug-likeness (QED) is 0.658. The molecule has 0 spiro atoms. The SMILES string of the molecule is Cn1c(=O)c2c(nc3n2CCN3c2ccccc2OCC(N)=O)n(C)c1=O. The molecular formula is C17H18N6O4. The molecule has 1 aromatic carbocycles. The number of benzene rings is 1. The lowest BCUT2D eigenvalue weighted by Crippen LogP contribution is -2.37. The van der Waals surface area contributed by atoms with Crippen LogP contribution >= 0.6 is 0 Å². The third-order valence-electron chi connectivity index (χ3n) is 4.64. The Hall–Kier alpha value is -3.56. The van der Waals surface area contributed by atoms with E-state index in [-0.39, 0.29) is 12.2 Å². The minimum Gasteiger partial charge on any atom is -0.482 e. The molecule has 0 fully saturated rings. The molecule has 3 heterocycles. The molecule has 1 amide bonds. The maximum atomic E-state index is 12.6. The Bertz CT molecular complexity index is 1190. The fourth-order valence-corrected chi connectivity index (χ4v) is 3.33. The first-order chi connectivity index (χ1) is 12.9. The van der Waals surface area contributed by atoms with Crippen LogP contribution in [0, 0.1) is 0 Å². The van der Waals surface area contributed by atoms with Crippen molar-refractivity contribution < 1.29 is 9.53 Å². The van der Waals surface area contributed by atoms with E-state index in [1.54, 1.807) is 23.7 Å². The number of nitrogens with two attached hydrogens (primary N) is 1. The molecule has 10 heteroatoms. The van der Waals surface area contributed by atoms with Crippen LogP contribution < -0.4 is 26.6 Å². The van der Waals surface area contributed by atoms with Crippen molar-refractivity contribution in [2.75, 3.05) is 18.1 Å². The van der Waals surface area contributed by atoms with E-state index in [0.29, 0.717) is 41.6 Å². The van der Waals surface area contributed by atoms with Gasteiger partial charge >= 0.3 is 5.69 Å². The number of nitrogens with zero attached hydrogens (tertiary/aromatic N) is 5. The molecule has 2 N–H and O–H groups in total. The Labute approximate surface area is 153 Å². The number of carbonyl (C=O) groups excluding carboxylic acids is 1. The molecule has 27 heavy (non-hydrogen) atoms. The van der Waals surface area contributed by atoms with E-state index in [0.717, 1.165) is 4.57 Å². The summed E-state index contributed by atoms with van der Waals surface area (Å²) in [6, 6.07) is 7.20. The Kier molecular flexibility index (Phi) is 3.76. The average Bonchev–Trinajstić information content (AvgIpc) is 3.22. The minimum absolute atomic E-state index is 0.240. The standard InChI is InChI=1S/C17H18N6O4/c1-20-14-13(15(25)21(2)17(20)26)23-8-7-22(16(23)19-14)10-5-3-4-6-11(10)27-9-12(18)24/h3-6H,7-9H2,1-2H3,(H2,18,24). The Morgan fingerprint density at radius 2 is 1.93 bits per heavy atom. The number of amides is 1. The number of anilines is 2. The Balaban J connectivity index is 1.87. The van der Waals surface area contributed by atoms with Crippen molar-refractivity contribution in [2.45, 2.75) is 6.54 Å². The first-order valence-corrected chi connectivity index (χ1v) is 8.34. The van der Waals surface area contributed by atoms with Crippen LogP contribution in [0.5, 0.6) is 5.75 Å². The van der Waals surface area contributed by atoms with E-state index in [1.807, 2.05) is 17.0 Å². The van der Waals surface area contributed by atoms with E-state index >= 15 is 0 Å². The van der Waals surface area contributed by atoms with E-state index < -0.39 is 11.6 Å². The highest BCUT2D eigenvalue weighted by Gasteiger charge is 2.29. The predicted octanol–water partition coefficient (Wildman–Crippen LogP) is -0.550. The number of aromatic nitrogens is 4. The van der Waals surface area contributed by atoms with Crippen molar-refractivity contribution in [2.24, 2.45) is 19.8 Å². The first-order valence-electron chi connectivity index (χ1n) is 8.34. The van der Waals surface area contributed by atoms with Gasteiger partial charge in [-0.3, -0.25) is 18.7 Å². The summed E-state index contributed by atoms with van der Waals surface area (Å²) in [5.41, 5.74) is 5.77. The molecule has 2 aromatic heterocycles. The van der Waals surface area contributed by atoms with Gasteiger partial charge in [-0.15, -0.1) is 0 Å². The van der Waals surface area contributed by atoms with Crippen molar-refractivity contribution in [1.29, 1.82) is 0 Å². The van der Waals surface area contributed by atoms with Crippen LogP contribution in [0.2, 0.25) is 0 Å². The molecule has 1 aliphatic rings. The lowest BCUT2D eigenvalue weighted by atomic mass is 10.2. The maximum Gasteiger partial charge on any atom is 0.332 e. The lowest BCUT2D eigenvalue weighted by molar-refractivity contribution is -0.119. The number of primary amides is 1. The number of ether oxygens (including phenoxy) is 1. The smallest absolute Gasteiger partial charge is 0.332 e. The summed E-state index contributed by atoms with van der Waals surface area (Å²) in [7, 11) is 3.03. The third kappa shape index (κ3) is 2.48. The largest absolute Gasteiger partial charge is 0.482 e. The van der Waals surface area contributed by atoms with Gasteiger partial charge in [-0.25, -0.2) is 4.79 Å². The maximum absolute atomic E-state index is 12.6. The topological polar surface area (TPSA) is 117 Å². The molecule has 10 nitrogen and oxygen atoms in total. The van der Waals surface area contributed by atoms with Crippen LogP contribution in [0.3, 0.4) is 0 Å². The molecule has 0 saturated carbocycles. The number of fused-ring (bicyclic) bond motifs is 3. The van der Waals surface area contributed by atoms with Gasteiger partial charge in [0.15, 0.2) is 17.8 Å². The second-order valence-electron chi connectivity index (χ2n) is 6.32. The van der Waals surface area contributed by atoms with Crippen LogP contribution in [-0.4, -0.2) is 37.7 Å². The zero-order chi connectivity index (χ0) is 19.3. The fourth-order valence-electron chi connectivity index (χ4n) is 3.33. The molecule has 140 valence electrons. The summed E-state index contributed by atoms with van der Waals surface area (Å²) in [6.07, 6.45) is 0. The number of para-hydroxylation sites is 2. The highest BCUT2D eigenvalue weighted by Crippen LogP contribution is 2.37. The molecule has 0 bridgehead atoms. The second kappa shape index (κ2) is 6.01. The zero-order valence-electron chi connectivity index (χ0n) is 14.9. The predicted molar refractivity (Wildman–Crippen MR) is 98.4 cm³/mol. The number of rotatable bonds is 4. The molecule has 0 unspecified atom stereocenters. The van der Waals surface area contributed by atoms with Gasteiger partial charge < -0.3 is 19.9 Å². The number of imidazole rings is 1. The molecule has 0 atom stereocenters. The highest BCUT2D eigenvalue weighted by atomic mass is 16.5. The average molecular weight is 370 g/mol. The first kappa shape index (κ1) is 16.9. The van der Waals surface area contributed by atoms with Crippen molar-refractivity contribution in [1.82, 2.24) is 18.7 Å². The van der Waals surface area contributed by atoms with E-state index in [1.165, 1.54) is 11.6 Å². The van der Waals surface area contributed by atoms with Crippen LogP contribution in [-0.2, 0) is 25.4 Å². The lowest BCUT2D eigenvalue weighted by Gasteiger charge is -2.19. The number of hydrogen-bond donors (Lipinski definition) is 1. The summed E-state index contributed by atoms with van der Waals surface area (Å²) in [5, 5.41) is 0. The normalized spacial score (nSPS) is 13.2. The van der Waals surface area contributed by atoms with Gasteiger partial charge in [0.05, 0.1) is 5.69 Å². The van der Waals surface area contributed by atoms with Crippen LogP contribution in [0.15, 0.2) is 33.9 Å². The van der Waals surface area contributed by atoms with Crippen LogP contribution in [0.1, 0.15) is 0 Å². The van der Waals surface area contributed by atoms with Crippen molar-refractivity contribution in [3.63, 3.8) is 0 Å². The van der Waals surface area contributed by atoms with Crippen molar-refractivity contribution in [3.8, 4) is 5.75 Å². The summed E-state index contributed by atoms with van der Waals surface area (Å²) >= 11 is 0. The molecule has 0 radical (unpaired) electrons. The second-order valence-corrected chi connectivity index (χ2v) is 6.32. The van der Waals surface area contributed by atoms with Crippen molar-refractivity contribution >= 4 is 28.7 Å². The molecule has 0 aliphatic carbocycles. The fraction of sp³-hybridized carbons (Fsp3) is 0.294. The van der Waals surface area contributed by atoms with E-state index in [9.17, 15) is 14.4 Å². The van der Waals surface area contributed by atoms with Crippen molar-refractivity contribution in [3.05, 3.63) is 45.1 Å². The Morgan fingerprint density at radius 3 is 2.67 bits per heavy atom. The minimum atomic E-state index is -0.572. The van der Waals surface area contributed by atoms with Gasteiger partial charge in [0.2, 0.25) is 5.95 Å². The van der Waals surface area contributed by atoms with Gasteiger partial charge in [-0.05, 0) is 12.1 Å². The summed E-state index contributed by atoms with van der Waals surface area (Å²) < 4.78 is 9.74. The monoisotopic (exact) mass is 370 g/mol. The van der Waals surface area contributed by atoms with Gasteiger partial charge in [0.1, 0.15) is 5.75 Å².